The van der Waals surface area contributed by atoms with Gasteiger partial charge >= 0.3 is 0 Å². The van der Waals surface area contributed by atoms with E-state index in [9.17, 15) is 0 Å². The van der Waals surface area contributed by atoms with Gasteiger partial charge in [-0.15, -0.1) is 0 Å². The molecule has 0 saturated heterocycles. The molecule has 1 aromatic carbocycles. The monoisotopic (exact) mass is 230 g/mol. The zero-order valence-electron chi connectivity index (χ0n) is 11.2. The van der Waals surface area contributed by atoms with Crippen LogP contribution in [0.1, 0.15) is 26.3 Å². The molecule has 2 heteroatoms. The smallest absolute Gasteiger partial charge is 0.0480 e. The summed E-state index contributed by atoms with van der Waals surface area (Å²) in [4.78, 5) is 0. The standard InChI is InChI=1S/C15H22N2/c1-11(2)16-12(3)9-13-10-17(4)15-8-6-5-7-14(13)15/h5-8,10-12,16H,9H2,1-4H3. The zero-order valence-corrected chi connectivity index (χ0v) is 11.2. The molecule has 2 nitrogen and oxygen atoms in total. The largest absolute Gasteiger partial charge is 0.350 e. The maximum absolute atomic E-state index is 3.56. The van der Waals surface area contributed by atoms with Crippen molar-refractivity contribution in [2.75, 3.05) is 0 Å². The minimum atomic E-state index is 0.515. The lowest BCUT2D eigenvalue weighted by Gasteiger charge is -2.16. The number of hydrogen-bond donors (Lipinski definition) is 1. The number of nitrogens with zero attached hydrogens (tertiary/aromatic N) is 1. The van der Waals surface area contributed by atoms with Crippen molar-refractivity contribution in [1.29, 1.82) is 0 Å². The van der Waals surface area contributed by atoms with Gasteiger partial charge in [0.25, 0.3) is 0 Å². The first-order chi connectivity index (χ1) is 8.08. The molecule has 1 N–H and O–H groups in total. The van der Waals surface area contributed by atoms with Gasteiger partial charge in [-0.3, -0.25) is 0 Å². The second kappa shape index (κ2) is 4.92. The van der Waals surface area contributed by atoms with Crippen molar-refractivity contribution in [3.05, 3.63) is 36.0 Å². The van der Waals surface area contributed by atoms with Crippen LogP contribution < -0.4 is 5.32 Å². The topological polar surface area (TPSA) is 17.0 Å². The molecule has 1 unspecified atom stereocenters. The highest BCUT2D eigenvalue weighted by Crippen LogP contribution is 2.21. The molecule has 0 spiro atoms. The number of aryl methyl sites for hydroxylation is 1. The summed E-state index contributed by atoms with van der Waals surface area (Å²) in [5.74, 6) is 0. The molecule has 0 aliphatic heterocycles. The molecule has 1 atom stereocenters. The minimum Gasteiger partial charge on any atom is -0.350 e. The molecule has 1 aromatic heterocycles. The summed E-state index contributed by atoms with van der Waals surface area (Å²) in [6.45, 7) is 6.64. The van der Waals surface area contributed by atoms with Crippen molar-refractivity contribution >= 4 is 10.9 Å². The Morgan fingerprint density at radius 3 is 2.59 bits per heavy atom. The van der Waals surface area contributed by atoms with Crippen molar-refractivity contribution < 1.29 is 0 Å². The van der Waals surface area contributed by atoms with E-state index in [-0.39, 0.29) is 0 Å². The van der Waals surface area contributed by atoms with Crippen LogP contribution in [0.3, 0.4) is 0 Å². The summed E-state index contributed by atoms with van der Waals surface area (Å²) < 4.78 is 2.22. The summed E-state index contributed by atoms with van der Waals surface area (Å²) in [6.07, 6.45) is 3.34. The van der Waals surface area contributed by atoms with Crippen LogP contribution in [0, 0.1) is 0 Å². The van der Waals surface area contributed by atoms with E-state index in [0.717, 1.165) is 6.42 Å². The van der Waals surface area contributed by atoms with E-state index in [4.69, 9.17) is 0 Å². The van der Waals surface area contributed by atoms with Crippen LogP contribution in [0.4, 0.5) is 0 Å². The number of rotatable bonds is 4. The molecule has 2 aromatic rings. The summed E-state index contributed by atoms with van der Waals surface area (Å²) in [5.41, 5.74) is 2.75. The molecule has 17 heavy (non-hydrogen) atoms. The Morgan fingerprint density at radius 2 is 1.88 bits per heavy atom. The first kappa shape index (κ1) is 12.2. The Bertz CT molecular complexity index is 497. The van der Waals surface area contributed by atoms with Crippen LogP contribution in [0.25, 0.3) is 10.9 Å². The Hall–Kier alpha value is -1.28. The fraction of sp³-hybridized carbons (Fsp3) is 0.467. The first-order valence-electron chi connectivity index (χ1n) is 6.37. The van der Waals surface area contributed by atoms with Gasteiger partial charge in [0.1, 0.15) is 0 Å². The molecule has 0 aliphatic rings. The predicted molar refractivity (Wildman–Crippen MR) is 74.4 cm³/mol. The van der Waals surface area contributed by atoms with Gasteiger partial charge < -0.3 is 9.88 Å². The van der Waals surface area contributed by atoms with Gasteiger partial charge in [0, 0.05) is 36.2 Å². The molecular weight excluding hydrogens is 208 g/mol. The Labute approximate surface area is 104 Å². The number of aromatic nitrogens is 1. The normalized spacial score (nSPS) is 13.5. The van der Waals surface area contributed by atoms with Crippen molar-refractivity contribution in [1.82, 2.24) is 9.88 Å². The quantitative estimate of drug-likeness (QED) is 0.854. The van der Waals surface area contributed by atoms with Crippen molar-refractivity contribution in [3.8, 4) is 0 Å². The van der Waals surface area contributed by atoms with Gasteiger partial charge in [0.2, 0.25) is 0 Å². The van der Waals surface area contributed by atoms with Gasteiger partial charge in [-0.1, -0.05) is 32.0 Å². The van der Waals surface area contributed by atoms with Crippen LogP contribution in [-0.4, -0.2) is 16.7 Å². The predicted octanol–water partition coefficient (Wildman–Crippen LogP) is 3.11. The lowest BCUT2D eigenvalue weighted by molar-refractivity contribution is 0.488. The van der Waals surface area contributed by atoms with Crippen molar-refractivity contribution in [3.63, 3.8) is 0 Å². The van der Waals surface area contributed by atoms with E-state index in [1.165, 1.54) is 16.5 Å². The maximum Gasteiger partial charge on any atom is 0.0480 e. The fourth-order valence-corrected chi connectivity index (χ4v) is 2.55. The molecule has 92 valence electrons. The van der Waals surface area contributed by atoms with E-state index in [1.807, 2.05) is 0 Å². The van der Waals surface area contributed by atoms with Crippen molar-refractivity contribution in [2.24, 2.45) is 7.05 Å². The summed E-state index contributed by atoms with van der Waals surface area (Å²) >= 11 is 0. The summed E-state index contributed by atoms with van der Waals surface area (Å²) in [5, 5.41) is 4.94. The molecule has 0 bridgehead atoms. The number of para-hydroxylation sites is 1. The first-order valence-corrected chi connectivity index (χ1v) is 6.37. The molecule has 2 rings (SSSR count). The highest BCUT2D eigenvalue weighted by molar-refractivity contribution is 5.83. The van der Waals surface area contributed by atoms with Crippen LogP contribution >= 0.6 is 0 Å². The van der Waals surface area contributed by atoms with Crippen LogP contribution in [0.5, 0.6) is 0 Å². The highest BCUT2D eigenvalue weighted by atomic mass is 14.9. The van der Waals surface area contributed by atoms with Crippen LogP contribution in [-0.2, 0) is 13.5 Å². The number of hydrogen-bond acceptors (Lipinski definition) is 1. The lowest BCUT2D eigenvalue weighted by atomic mass is 10.1. The Balaban J connectivity index is 2.24. The molecule has 0 radical (unpaired) electrons. The van der Waals surface area contributed by atoms with E-state index in [0.29, 0.717) is 12.1 Å². The van der Waals surface area contributed by atoms with Crippen molar-refractivity contribution in [2.45, 2.75) is 39.3 Å². The van der Waals surface area contributed by atoms with Gasteiger partial charge in [0.15, 0.2) is 0 Å². The third kappa shape index (κ3) is 2.70. The second-order valence-electron chi connectivity index (χ2n) is 5.21. The van der Waals surface area contributed by atoms with Crippen LogP contribution in [0.2, 0.25) is 0 Å². The fourth-order valence-electron chi connectivity index (χ4n) is 2.55. The average molecular weight is 230 g/mol. The number of nitrogens with one attached hydrogen (secondary N) is 1. The molecule has 0 saturated carbocycles. The molecule has 0 fully saturated rings. The highest BCUT2D eigenvalue weighted by Gasteiger charge is 2.10. The third-order valence-electron chi connectivity index (χ3n) is 3.12. The Morgan fingerprint density at radius 1 is 1.18 bits per heavy atom. The van der Waals surface area contributed by atoms with E-state index in [1.54, 1.807) is 0 Å². The number of fused-ring (bicyclic) bond motifs is 1. The maximum atomic E-state index is 3.56. The van der Waals surface area contributed by atoms with E-state index >= 15 is 0 Å². The summed E-state index contributed by atoms with van der Waals surface area (Å²) in [7, 11) is 2.12. The third-order valence-corrected chi connectivity index (χ3v) is 3.12. The lowest BCUT2D eigenvalue weighted by Crippen LogP contribution is -2.33. The van der Waals surface area contributed by atoms with Crippen LogP contribution in [0.15, 0.2) is 30.5 Å². The number of benzene rings is 1. The molecular formula is C15H22N2. The van der Waals surface area contributed by atoms with E-state index < -0.39 is 0 Å². The Kier molecular flexibility index (Phi) is 3.53. The SMILES string of the molecule is CC(C)NC(C)Cc1cn(C)c2ccccc12. The molecule has 1 heterocycles. The second-order valence-corrected chi connectivity index (χ2v) is 5.21. The van der Waals surface area contributed by atoms with Gasteiger partial charge in [-0.25, -0.2) is 0 Å². The van der Waals surface area contributed by atoms with Gasteiger partial charge in [0.05, 0.1) is 0 Å². The zero-order chi connectivity index (χ0) is 12.4. The van der Waals surface area contributed by atoms with E-state index in [2.05, 4.69) is 68.2 Å². The molecule has 0 aliphatic carbocycles. The molecule has 0 amide bonds. The van der Waals surface area contributed by atoms with Gasteiger partial charge in [-0.2, -0.15) is 0 Å². The van der Waals surface area contributed by atoms with Gasteiger partial charge in [-0.05, 0) is 25.0 Å². The average Bonchev–Trinajstić information content (AvgIpc) is 2.55. The summed E-state index contributed by atoms with van der Waals surface area (Å²) in [6, 6.07) is 9.67. The minimum absolute atomic E-state index is 0.515.